The average molecular weight is 234 g/mol. The van der Waals surface area contributed by atoms with E-state index in [1.54, 1.807) is 0 Å². The van der Waals surface area contributed by atoms with E-state index in [9.17, 15) is 4.79 Å². The van der Waals surface area contributed by atoms with Crippen LogP contribution in [0.25, 0.3) is 0 Å². The molecule has 1 aromatic rings. The number of hydrogen-bond acceptors (Lipinski definition) is 2. The largest absolute Gasteiger partial charge is 0.444 e. The molecule has 0 aliphatic rings. The minimum absolute atomic E-state index is 0.424. The van der Waals surface area contributed by atoms with Gasteiger partial charge >= 0.3 is 6.09 Å². The van der Waals surface area contributed by atoms with Gasteiger partial charge in [0.05, 0.1) is 0 Å². The van der Waals surface area contributed by atoms with Crippen molar-refractivity contribution in [2.45, 2.75) is 39.7 Å². The molecule has 0 heterocycles. The van der Waals surface area contributed by atoms with Gasteiger partial charge in [0.25, 0.3) is 0 Å². The molecule has 3 heteroatoms. The molecule has 0 bridgehead atoms. The molecule has 0 spiro atoms. The predicted molar refractivity (Wildman–Crippen MR) is 70.0 cm³/mol. The molecule has 0 fully saturated rings. The van der Waals surface area contributed by atoms with Gasteiger partial charge in [0.2, 0.25) is 0 Å². The number of rotatable bonds is 3. The third kappa shape index (κ3) is 5.38. The summed E-state index contributed by atoms with van der Waals surface area (Å²) in [6.07, 6.45) is 2.61. The first-order valence-corrected chi connectivity index (χ1v) is 5.77. The first-order valence-electron chi connectivity index (χ1n) is 5.77. The summed E-state index contributed by atoms with van der Waals surface area (Å²) in [5, 5.41) is 2.70. The summed E-state index contributed by atoms with van der Waals surface area (Å²) in [5.74, 6) is 0. The van der Waals surface area contributed by atoms with Crippen LogP contribution < -0.4 is 5.32 Å². The fourth-order valence-electron chi connectivity index (χ4n) is 1.38. The summed E-state index contributed by atoms with van der Waals surface area (Å²) in [4.78, 5) is 11.5. The minimum atomic E-state index is -0.471. The van der Waals surface area contributed by atoms with Gasteiger partial charge in [-0.3, -0.25) is 5.32 Å². The van der Waals surface area contributed by atoms with Crippen LogP contribution in [0.5, 0.6) is 0 Å². The lowest BCUT2D eigenvalue weighted by molar-refractivity contribution is 0.0636. The van der Waals surface area contributed by atoms with Crippen molar-refractivity contribution in [3.63, 3.8) is 0 Å². The van der Waals surface area contributed by atoms with Gasteiger partial charge in [0, 0.05) is 5.69 Å². The van der Waals surface area contributed by atoms with E-state index in [0.29, 0.717) is 0 Å². The second-order valence-corrected chi connectivity index (χ2v) is 4.94. The zero-order chi connectivity index (χ0) is 12.9. The van der Waals surface area contributed by atoms with E-state index in [-0.39, 0.29) is 0 Å². The average Bonchev–Trinajstić information content (AvgIpc) is 2.18. The number of hydrogen-bond donors (Lipinski definition) is 1. The van der Waals surface area contributed by atoms with Crippen LogP contribution in [0.1, 0.15) is 33.3 Å². The fourth-order valence-corrected chi connectivity index (χ4v) is 1.38. The highest BCUT2D eigenvalue weighted by molar-refractivity contribution is 5.84. The number of benzene rings is 1. The fraction of sp³-hybridized carbons (Fsp3) is 0.429. The molecule has 0 unspecified atom stereocenters. The molecular formula is C14H20NO2. The lowest BCUT2D eigenvalue weighted by atomic mass is 10.1. The van der Waals surface area contributed by atoms with Gasteiger partial charge < -0.3 is 4.74 Å². The molecular weight excluding hydrogens is 214 g/mol. The Bertz CT molecular complexity index is 363. The smallest absolute Gasteiger partial charge is 0.412 e. The maximum atomic E-state index is 11.5. The molecule has 0 atom stereocenters. The lowest BCUT2D eigenvalue weighted by Gasteiger charge is -2.19. The van der Waals surface area contributed by atoms with Crippen LogP contribution in [0.2, 0.25) is 0 Å². The summed E-state index contributed by atoms with van der Waals surface area (Å²) < 4.78 is 5.16. The second kappa shape index (κ2) is 5.71. The highest BCUT2D eigenvalue weighted by Crippen LogP contribution is 2.13. The number of nitrogens with one attached hydrogen (secondary N) is 1. The number of carbonyl (C=O) groups excluding carboxylic acids is 1. The molecule has 1 amide bonds. The van der Waals surface area contributed by atoms with Crippen LogP contribution in [0, 0.1) is 6.42 Å². The Morgan fingerprint density at radius 3 is 2.35 bits per heavy atom. The zero-order valence-electron chi connectivity index (χ0n) is 10.9. The molecule has 1 N–H and O–H groups in total. The van der Waals surface area contributed by atoms with E-state index in [2.05, 4.69) is 11.7 Å². The van der Waals surface area contributed by atoms with E-state index in [0.717, 1.165) is 12.1 Å². The normalized spacial score (nSPS) is 11.1. The van der Waals surface area contributed by atoms with Crippen molar-refractivity contribution >= 4 is 11.8 Å². The number of anilines is 1. The highest BCUT2D eigenvalue weighted by Gasteiger charge is 2.15. The van der Waals surface area contributed by atoms with Gasteiger partial charge in [-0.15, -0.1) is 0 Å². The molecule has 0 aliphatic heterocycles. The third-order valence-electron chi connectivity index (χ3n) is 2.04. The Labute approximate surface area is 103 Å². The van der Waals surface area contributed by atoms with Gasteiger partial charge in [0.1, 0.15) is 5.60 Å². The molecule has 17 heavy (non-hydrogen) atoms. The standard InChI is InChI=1S/C14H20NO2/c1-5-6-11-7-9-12(10-8-11)15-13(16)17-14(2,3)4/h5,7-10H,6H2,1-4H3,(H,15,16). The molecule has 0 saturated carbocycles. The lowest BCUT2D eigenvalue weighted by Crippen LogP contribution is -2.27. The Hall–Kier alpha value is -1.51. The quantitative estimate of drug-likeness (QED) is 0.863. The van der Waals surface area contributed by atoms with Gasteiger partial charge in [-0.1, -0.05) is 19.1 Å². The van der Waals surface area contributed by atoms with Crippen LogP contribution >= 0.6 is 0 Å². The van der Waals surface area contributed by atoms with Crippen LogP contribution in [-0.4, -0.2) is 11.7 Å². The summed E-state index contributed by atoms with van der Waals surface area (Å²) in [7, 11) is 0. The van der Waals surface area contributed by atoms with Crippen molar-refractivity contribution in [1.29, 1.82) is 0 Å². The SMILES string of the molecule is C[CH]Cc1ccc(NC(=O)OC(C)(C)C)cc1. The molecule has 1 radical (unpaired) electrons. The summed E-state index contributed by atoms with van der Waals surface area (Å²) in [6, 6.07) is 7.74. The molecule has 3 nitrogen and oxygen atoms in total. The highest BCUT2D eigenvalue weighted by atomic mass is 16.6. The van der Waals surface area contributed by atoms with Crippen molar-refractivity contribution in [2.75, 3.05) is 5.32 Å². The monoisotopic (exact) mass is 234 g/mol. The predicted octanol–water partition coefficient (Wildman–Crippen LogP) is 3.80. The first kappa shape index (κ1) is 13.6. The molecule has 1 rings (SSSR count). The molecule has 0 aromatic heterocycles. The second-order valence-electron chi connectivity index (χ2n) is 4.94. The Morgan fingerprint density at radius 2 is 1.88 bits per heavy atom. The Balaban J connectivity index is 2.54. The Morgan fingerprint density at radius 1 is 1.29 bits per heavy atom. The van der Waals surface area contributed by atoms with Crippen LogP contribution in [0.4, 0.5) is 10.5 Å². The maximum absolute atomic E-state index is 11.5. The van der Waals surface area contributed by atoms with Crippen molar-refractivity contribution < 1.29 is 9.53 Å². The molecule has 93 valence electrons. The zero-order valence-corrected chi connectivity index (χ0v) is 10.9. The molecule has 0 saturated heterocycles. The summed E-state index contributed by atoms with van der Waals surface area (Å²) >= 11 is 0. The van der Waals surface area contributed by atoms with Gasteiger partial charge in [-0.2, -0.15) is 0 Å². The van der Waals surface area contributed by atoms with Crippen LogP contribution in [0.15, 0.2) is 24.3 Å². The summed E-state index contributed by atoms with van der Waals surface area (Å²) in [5.41, 5.74) is 1.50. The Kier molecular flexibility index (Phi) is 4.55. The minimum Gasteiger partial charge on any atom is -0.444 e. The number of ether oxygens (including phenoxy) is 1. The third-order valence-corrected chi connectivity index (χ3v) is 2.04. The van der Waals surface area contributed by atoms with Gasteiger partial charge in [-0.25, -0.2) is 4.79 Å². The first-order chi connectivity index (χ1) is 7.90. The van der Waals surface area contributed by atoms with Crippen LogP contribution in [0.3, 0.4) is 0 Å². The van der Waals surface area contributed by atoms with Gasteiger partial charge in [0.15, 0.2) is 0 Å². The van der Waals surface area contributed by atoms with E-state index >= 15 is 0 Å². The number of amides is 1. The van der Waals surface area contributed by atoms with Crippen molar-refractivity contribution in [3.05, 3.63) is 36.2 Å². The van der Waals surface area contributed by atoms with Crippen molar-refractivity contribution in [2.24, 2.45) is 0 Å². The van der Waals surface area contributed by atoms with E-state index < -0.39 is 11.7 Å². The van der Waals surface area contributed by atoms with Crippen molar-refractivity contribution in [1.82, 2.24) is 0 Å². The summed E-state index contributed by atoms with van der Waals surface area (Å²) in [6.45, 7) is 7.54. The van der Waals surface area contributed by atoms with Crippen molar-refractivity contribution in [3.8, 4) is 0 Å². The van der Waals surface area contributed by atoms with Crippen LogP contribution in [-0.2, 0) is 11.2 Å². The molecule has 1 aromatic carbocycles. The number of carbonyl (C=O) groups is 1. The molecule has 0 aliphatic carbocycles. The maximum Gasteiger partial charge on any atom is 0.412 e. The topological polar surface area (TPSA) is 38.3 Å². The van der Waals surface area contributed by atoms with Gasteiger partial charge in [-0.05, 0) is 51.3 Å². The van der Waals surface area contributed by atoms with E-state index in [1.165, 1.54) is 5.56 Å². The van der Waals surface area contributed by atoms with E-state index in [1.807, 2.05) is 52.0 Å². The van der Waals surface area contributed by atoms with E-state index in [4.69, 9.17) is 4.74 Å².